The van der Waals surface area contributed by atoms with Crippen molar-refractivity contribution in [3.8, 4) is 0 Å². The smallest absolute Gasteiger partial charge is 0.400 e. The molecular weight excluding hydrogens is 440 g/mol. The molecule has 3 aromatic carbocycles. The molecule has 5 rings (SSSR count). The first-order chi connectivity index (χ1) is 17.0. The van der Waals surface area contributed by atoms with Crippen molar-refractivity contribution < 1.29 is 18.8 Å². The molecule has 0 aliphatic heterocycles. The van der Waals surface area contributed by atoms with Crippen LogP contribution in [0.2, 0.25) is 0 Å². The minimum Gasteiger partial charge on any atom is -0.457 e. The van der Waals surface area contributed by atoms with Crippen LogP contribution in [0.3, 0.4) is 0 Å². The Morgan fingerprint density at radius 3 is 2.26 bits per heavy atom. The molecule has 2 aromatic heterocycles. The largest absolute Gasteiger partial charge is 0.457 e. The van der Waals surface area contributed by atoms with Crippen LogP contribution in [0.1, 0.15) is 51.5 Å². The van der Waals surface area contributed by atoms with Gasteiger partial charge in [0.25, 0.3) is 0 Å². The standard InChI is InChI=1S/C29H24N2O4/c1-4-31-25-13-11-20(19(3)30-35-29(33)27-10-7-15-34-27)16-23(25)24-17-21(12-14-26(24)31)28(32)22-9-6-5-8-18(22)2/h5-17H,4H2,1-3H3. The monoisotopic (exact) mass is 464 g/mol. The van der Waals surface area contributed by atoms with Gasteiger partial charge in [0.1, 0.15) is 0 Å². The third-order valence-electron chi connectivity index (χ3n) is 6.24. The van der Waals surface area contributed by atoms with Crippen molar-refractivity contribution >= 4 is 39.3 Å². The minimum atomic E-state index is -0.655. The van der Waals surface area contributed by atoms with Gasteiger partial charge in [-0.05, 0) is 74.4 Å². The van der Waals surface area contributed by atoms with Crippen molar-refractivity contribution in [3.63, 3.8) is 0 Å². The number of aromatic nitrogens is 1. The molecule has 0 atom stereocenters. The number of hydrogen-bond donors (Lipinski definition) is 0. The summed E-state index contributed by atoms with van der Waals surface area (Å²) in [4.78, 5) is 30.4. The summed E-state index contributed by atoms with van der Waals surface area (Å²) < 4.78 is 7.27. The van der Waals surface area contributed by atoms with E-state index in [0.29, 0.717) is 16.8 Å². The molecule has 2 heterocycles. The Labute approximate surface area is 202 Å². The van der Waals surface area contributed by atoms with Crippen LogP contribution in [0.15, 0.2) is 88.6 Å². The average molecular weight is 465 g/mol. The van der Waals surface area contributed by atoms with E-state index in [2.05, 4.69) is 16.6 Å². The fourth-order valence-electron chi connectivity index (χ4n) is 4.40. The molecule has 6 nitrogen and oxygen atoms in total. The first-order valence-electron chi connectivity index (χ1n) is 11.4. The van der Waals surface area contributed by atoms with Crippen LogP contribution in [0, 0.1) is 6.92 Å². The zero-order chi connectivity index (χ0) is 24.5. The van der Waals surface area contributed by atoms with Crippen LogP contribution >= 0.6 is 0 Å². The van der Waals surface area contributed by atoms with Crippen LogP contribution in [0.4, 0.5) is 0 Å². The second-order valence-corrected chi connectivity index (χ2v) is 8.38. The number of benzene rings is 3. The lowest BCUT2D eigenvalue weighted by Crippen LogP contribution is -2.03. The number of carbonyl (C=O) groups excluding carboxylic acids is 2. The summed E-state index contributed by atoms with van der Waals surface area (Å²) in [5.41, 5.74) is 5.78. The quantitative estimate of drug-likeness (QED) is 0.124. The van der Waals surface area contributed by atoms with Crippen molar-refractivity contribution in [2.24, 2.45) is 5.16 Å². The molecule has 0 spiro atoms. The van der Waals surface area contributed by atoms with Crippen molar-refractivity contribution in [1.29, 1.82) is 0 Å². The maximum absolute atomic E-state index is 13.3. The molecule has 35 heavy (non-hydrogen) atoms. The Hall–Kier alpha value is -4.45. The van der Waals surface area contributed by atoms with Crippen molar-refractivity contribution in [2.45, 2.75) is 27.3 Å². The lowest BCUT2D eigenvalue weighted by molar-refractivity contribution is 0.0480. The summed E-state index contributed by atoms with van der Waals surface area (Å²) in [5.74, 6) is -0.563. The number of oxime groups is 1. The molecule has 5 aromatic rings. The van der Waals surface area contributed by atoms with Crippen LogP contribution in [0.5, 0.6) is 0 Å². The predicted octanol–water partition coefficient (Wildman–Crippen LogP) is 6.53. The van der Waals surface area contributed by atoms with E-state index in [9.17, 15) is 9.59 Å². The molecule has 0 fully saturated rings. The van der Waals surface area contributed by atoms with Crippen LogP contribution in [-0.4, -0.2) is 22.0 Å². The lowest BCUT2D eigenvalue weighted by atomic mass is 9.97. The van der Waals surface area contributed by atoms with Crippen molar-refractivity contribution in [2.75, 3.05) is 0 Å². The van der Waals surface area contributed by atoms with Gasteiger partial charge in [-0.25, -0.2) is 4.79 Å². The van der Waals surface area contributed by atoms with Gasteiger partial charge >= 0.3 is 5.97 Å². The Bertz CT molecular complexity index is 1610. The molecule has 0 amide bonds. The first kappa shape index (κ1) is 22.3. The molecule has 0 aliphatic rings. The topological polar surface area (TPSA) is 73.8 Å². The fourth-order valence-corrected chi connectivity index (χ4v) is 4.40. The molecule has 0 saturated heterocycles. The summed E-state index contributed by atoms with van der Waals surface area (Å²) >= 11 is 0. The molecule has 0 N–H and O–H groups in total. The van der Waals surface area contributed by atoms with Gasteiger partial charge in [-0.1, -0.05) is 35.5 Å². The Morgan fingerprint density at radius 1 is 0.914 bits per heavy atom. The van der Waals surface area contributed by atoms with E-state index in [1.165, 1.54) is 12.3 Å². The van der Waals surface area contributed by atoms with Crippen LogP contribution < -0.4 is 0 Å². The third-order valence-corrected chi connectivity index (χ3v) is 6.24. The van der Waals surface area contributed by atoms with Gasteiger partial charge in [-0.15, -0.1) is 0 Å². The van der Waals surface area contributed by atoms with E-state index in [1.54, 1.807) is 13.0 Å². The maximum Gasteiger partial charge on any atom is 0.400 e. The molecule has 174 valence electrons. The molecule has 0 unspecified atom stereocenters. The van der Waals surface area contributed by atoms with E-state index < -0.39 is 5.97 Å². The Kier molecular flexibility index (Phi) is 5.79. The summed E-state index contributed by atoms with van der Waals surface area (Å²) in [6, 6.07) is 22.6. The summed E-state index contributed by atoms with van der Waals surface area (Å²) in [6.07, 6.45) is 1.41. The number of aryl methyl sites for hydroxylation is 2. The zero-order valence-electron chi connectivity index (χ0n) is 19.7. The zero-order valence-corrected chi connectivity index (χ0v) is 19.7. The Balaban J connectivity index is 1.57. The van der Waals surface area contributed by atoms with Gasteiger partial charge in [-0.3, -0.25) is 4.79 Å². The number of hydrogen-bond acceptors (Lipinski definition) is 5. The third kappa shape index (κ3) is 4.04. The highest BCUT2D eigenvalue weighted by Gasteiger charge is 2.17. The second-order valence-electron chi connectivity index (χ2n) is 8.38. The number of fused-ring (bicyclic) bond motifs is 3. The molecule has 0 radical (unpaired) electrons. The molecule has 6 heteroatoms. The fraction of sp³-hybridized carbons (Fsp3) is 0.138. The SMILES string of the molecule is CCn1c2ccc(C(=O)c3ccccc3C)cc2c2cc(C(C)=NOC(=O)c3ccco3)ccc21. The number of ketones is 1. The van der Waals surface area contributed by atoms with Crippen molar-refractivity contribution in [3.05, 3.63) is 107 Å². The number of nitrogens with zero attached hydrogens (tertiary/aromatic N) is 2. The minimum absolute atomic E-state index is 0.00105. The highest BCUT2D eigenvalue weighted by atomic mass is 16.7. The normalized spacial score (nSPS) is 11.8. The number of carbonyl (C=O) groups is 2. The summed E-state index contributed by atoms with van der Waals surface area (Å²) in [5, 5.41) is 6.00. The number of rotatable bonds is 6. The summed E-state index contributed by atoms with van der Waals surface area (Å²) in [7, 11) is 0. The average Bonchev–Trinajstić information content (AvgIpc) is 3.53. The highest BCUT2D eigenvalue weighted by Crippen LogP contribution is 2.31. The second kappa shape index (κ2) is 9.06. The molecular formula is C29H24N2O4. The molecule has 0 bridgehead atoms. The van der Waals surface area contributed by atoms with Crippen molar-refractivity contribution in [1.82, 2.24) is 4.57 Å². The van der Waals surface area contributed by atoms with E-state index in [4.69, 9.17) is 9.25 Å². The number of furan rings is 1. The lowest BCUT2D eigenvalue weighted by Gasteiger charge is -2.06. The van der Waals surface area contributed by atoms with Gasteiger partial charge in [-0.2, -0.15) is 0 Å². The van der Waals surface area contributed by atoms with Crippen LogP contribution in [-0.2, 0) is 11.4 Å². The van der Waals surface area contributed by atoms with E-state index in [0.717, 1.165) is 39.5 Å². The molecule has 0 saturated carbocycles. The van der Waals surface area contributed by atoms with Gasteiger partial charge in [0.2, 0.25) is 5.76 Å². The van der Waals surface area contributed by atoms with Gasteiger partial charge in [0, 0.05) is 39.5 Å². The summed E-state index contributed by atoms with van der Waals surface area (Å²) in [6.45, 7) is 6.61. The van der Waals surface area contributed by atoms with E-state index in [1.807, 2.05) is 67.6 Å². The highest BCUT2D eigenvalue weighted by molar-refractivity contribution is 6.16. The van der Waals surface area contributed by atoms with E-state index >= 15 is 0 Å². The first-order valence-corrected chi connectivity index (χ1v) is 11.4. The Morgan fingerprint density at radius 2 is 1.60 bits per heavy atom. The maximum atomic E-state index is 13.3. The van der Waals surface area contributed by atoms with Gasteiger partial charge < -0.3 is 13.8 Å². The van der Waals surface area contributed by atoms with Crippen LogP contribution in [0.25, 0.3) is 21.8 Å². The molecule has 0 aliphatic carbocycles. The van der Waals surface area contributed by atoms with Gasteiger partial charge in [0.15, 0.2) is 5.78 Å². The van der Waals surface area contributed by atoms with E-state index in [-0.39, 0.29) is 11.5 Å². The van der Waals surface area contributed by atoms with Gasteiger partial charge in [0.05, 0.1) is 12.0 Å². The predicted molar refractivity (Wildman–Crippen MR) is 136 cm³/mol.